The zero-order chi connectivity index (χ0) is 9.61. The molecule has 1 atom stereocenters. The average Bonchev–Trinajstić information content (AvgIpc) is 1.96. The van der Waals surface area contributed by atoms with Crippen LogP contribution in [0.5, 0.6) is 0 Å². The first-order valence-electron chi connectivity index (χ1n) is 4.44. The largest absolute Gasteiger partial charge is 0.383 e. The summed E-state index contributed by atoms with van der Waals surface area (Å²) >= 11 is 0. The molecule has 3 nitrogen and oxygen atoms in total. The van der Waals surface area contributed by atoms with Crippen molar-refractivity contribution in [2.24, 2.45) is 11.3 Å². The summed E-state index contributed by atoms with van der Waals surface area (Å²) in [6, 6.07) is 0.286. The highest BCUT2D eigenvalue weighted by atomic mass is 16.5. The van der Waals surface area contributed by atoms with Crippen molar-refractivity contribution >= 4 is 0 Å². The maximum Gasteiger partial charge on any atom is 0.0629 e. The lowest BCUT2D eigenvalue weighted by atomic mass is 9.89. The van der Waals surface area contributed by atoms with E-state index < -0.39 is 0 Å². The lowest BCUT2D eigenvalue weighted by Crippen LogP contribution is -2.39. The minimum Gasteiger partial charge on any atom is -0.383 e. The number of ether oxygens (including phenoxy) is 1. The number of nitrogens with two attached hydrogens (primary N) is 1. The Morgan fingerprint density at radius 1 is 1.42 bits per heavy atom. The Bertz CT molecular complexity index is 110. The van der Waals surface area contributed by atoms with E-state index in [9.17, 15) is 0 Å². The monoisotopic (exact) mass is 174 g/mol. The van der Waals surface area contributed by atoms with E-state index in [0.29, 0.717) is 12.0 Å². The predicted octanol–water partition coefficient (Wildman–Crippen LogP) is 1.29. The van der Waals surface area contributed by atoms with E-state index in [-0.39, 0.29) is 6.04 Å². The van der Waals surface area contributed by atoms with Crippen LogP contribution in [0.15, 0.2) is 0 Å². The Morgan fingerprint density at radius 2 is 2.00 bits per heavy atom. The maximum atomic E-state index is 5.36. The smallest absolute Gasteiger partial charge is 0.0629 e. The molecule has 0 aromatic heterocycles. The summed E-state index contributed by atoms with van der Waals surface area (Å²) in [5, 5.41) is 0. The normalized spacial score (nSPS) is 14.8. The van der Waals surface area contributed by atoms with Crippen molar-refractivity contribution in [1.29, 1.82) is 0 Å². The van der Waals surface area contributed by atoms with Crippen LogP contribution in [0, 0.1) is 5.41 Å². The molecule has 0 aliphatic heterocycles. The molecule has 0 heterocycles. The Kier molecular flexibility index (Phi) is 5.46. The molecule has 74 valence electrons. The van der Waals surface area contributed by atoms with Crippen LogP contribution in [0.2, 0.25) is 0 Å². The van der Waals surface area contributed by atoms with Crippen LogP contribution in [0.3, 0.4) is 0 Å². The zero-order valence-corrected chi connectivity index (χ0v) is 8.68. The van der Waals surface area contributed by atoms with Gasteiger partial charge in [0.05, 0.1) is 6.61 Å². The number of methoxy groups -OCH3 is 1. The van der Waals surface area contributed by atoms with Crippen LogP contribution in [0.1, 0.15) is 33.6 Å². The van der Waals surface area contributed by atoms with Crippen LogP contribution in [-0.4, -0.2) is 19.8 Å². The van der Waals surface area contributed by atoms with Crippen LogP contribution in [0.4, 0.5) is 0 Å². The first-order chi connectivity index (χ1) is 5.49. The van der Waals surface area contributed by atoms with Gasteiger partial charge < -0.3 is 4.74 Å². The third kappa shape index (κ3) is 6.58. The first-order valence-corrected chi connectivity index (χ1v) is 4.44. The third-order valence-electron chi connectivity index (χ3n) is 1.85. The summed E-state index contributed by atoms with van der Waals surface area (Å²) in [5.74, 6) is 5.36. The molecule has 1 unspecified atom stereocenters. The predicted molar refractivity (Wildman–Crippen MR) is 51.7 cm³/mol. The Hall–Kier alpha value is -0.120. The van der Waals surface area contributed by atoms with E-state index in [1.165, 1.54) is 0 Å². The lowest BCUT2D eigenvalue weighted by Gasteiger charge is -2.22. The molecule has 3 N–H and O–H groups in total. The van der Waals surface area contributed by atoms with Crippen molar-refractivity contribution in [3.05, 3.63) is 0 Å². The van der Waals surface area contributed by atoms with Gasteiger partial charge in [-0.3, -0.25) is 11.3 Å². The topological polar surface area (TPSA) is 47.3 Å². The first kappa shape index (κ1) is 11.9. The van der Waals surface area contributed by atoms with Crippen molar-refractivity contribution in [2.75, 3.05) is 13.7 Å². The van der Waals surface area contributed by atoms with Gasteiger partial charge in [-0.05, 0) is 18.3 Å². The summed E-state index contributed by atoms with van der Waals surface area (Å²) < 4.78 is 5.02. The van der Waals surface area contributed by atoms with E-state index in [0.717, 1.165) is 12.8 Å². The molecule has 0 spiro atoms. The van der Waals surface area contributed by atoms with Crippen molar-refractivity contribution in [2.45, 2.75) is 39.7 Å². The standard InChI is InChI=1S/C9H22N2O/c1-9(2,3)6-5-8(11-10)7-12-4/h8,11H,5-7,10H2,1-4H3. The molecule has 0 saturated heterocycles. The van der Waals surface area contributed by atoms with E-state index in [1.54, 1.807) is 7.11 Å². The van der Waals surface area contributed by atoms with E-state index in [4.69, 9.17) is 10.6 Å². The molecule has 0 aliphatic rings. The Morgan fingerprint density at radius 3 is 2.33 bits per heavy atom. The van der Waals surface area contributed by atoms with E-state index in [2.05, 4.69) is 26.2 Å². The zero-order valence-electron chi connectivity index (χ0n) is 8.68. The molecule has 0 fully saturated rings. The molecule has 0 bridgehead atoms. The van der Waals surface area contributed by atoms with Crippen LogP contribution in [0.25, 0.3) is 0 Å². The number of hydrogen-bond donors (Lipinski definition) is 2. The lowest BCUT2D eigenvalue weighted by molar-refractivity contribution is 0.155. The van der Waals surface area contributed by atoms with Gasteiger partial charge in [-0.1, -0.05) is 20.8 Å². The summed E-state index contributed by atoms with van der Waals surface area (Å²) in [4.78, 5) is 0. The molecule has 0 aliphatic carbocycles. The van der Waals surface area contributed by atoms with Crippen molar-refractivity contribution < 1.29 is 4.74 Å². The number of hydrogen-bond acceptors (Lipinski definition) is 3. The summed E-state index contributed by atoms with van der Waals surface area (Å²) in [7, 11) is 1.70. The molecule has 0 radical (unpaired) electrons. The maximum absolute atomic E-state index is 5.36. The van der Waals surface area contributed by atoms with Crippen molar-refractivity contribution in [1.82, 2.24) is 5.43 Å². The van der Waals surface area contributed by atoms with Gasteiger partial charge in [0.25, 0.3) is 0 Å². The van der Waals surface area contributed by atoms with Gasteiger partial charge in [0.2, 0.25) is 0 Å². The highest BCUT2D eigenvalue weighted by molar-refractivity contribution is 4.68. The van der Waals surface area contributed by atoms with E-state index in [1.807, 2.05) is 0 Å². The molecule has 0 aromatic rings. The molecule has 0 rings (SSSR count). The fourth-order valence-electron chi connectivity index (χ4n) is 1.02. The fraction of sp³-hybridized carbons (Fsp3) is 1.00. The van der Waals surface area contributed by atoms with Gasteiger partial charge in [-0.25, -0.2) is 0 Å². The molecular weight excluding hydrogens is 152 g/mol. The number of hydrazine groups is 1. The minimum absolute atomic E-state index is 0.286. The average molecular weight is 174 g/mol. The van der Waals surface area contributed by atoms with Gasteiger partial charge in [0.1, 0.15) is 0 Å². The molecule has 0 saturated carbocycles. The minimum atomic E-state index is 0.286. The summed E-state index contributed by atoms with van der Waals surface area (Å²) in [6.07, 6.45) is 2.22. The second-order valence-electron chi connectivity index (χ2n) is 4.42. The van der Waals surface area contributed by atoms with Crippen molar-refractivity contribution in [3.8, 4) is 0 Å². The quantitative estimate of drug-likeness (QED) is 0.488. The Balaban J connectivity index is 3.58. The second kappa shape index (κ2) is 5.51. The van der Waals surface area contributed by atoms with Gasteiger partial charge in [-0.2, -0.15) is 0 Å². The molecular formula is C9H22N2O. The Labute approximate surface area is 75.6 Å². The molecule has 0 aromatic carbocycles. The second-order valence-corrected chi connectivity index (χ2v) is 4.42. The highest BCUT2D eigenvalue weighted by Crippen LogP contribution is 2.21. The SMILES string of the molecule is COCC(CCC(C)(C)C)NN. The molecule has 3 heteroatoms. The summed E-state index contributed by atoms with van der Waals surface area (Å²) in [6.45, 7) is 7.38. The van der Waals surface area contributed by atoms with Crippen LogP contribution >= 0.6 is 0 Å². The van der Waals surface area contributed by atoms with Gasteiger partial charge in [0.15, 0.2) is 0 Å². The van der Waals surface area contributed by atoms with Crippen LogP contribution < -0.4 is 11.3 Å². The highest BCUT2D eigenvalue weighted by Gasteiger charge is 2.13. The number of nitrogens with one attached hydrogen (secondary N) is 1. The van der Waals surface area contributed by atoms with E-state index >= 15 is 0 Å². The van der Waals surface area contributed by atoms with Gasteiger partial charge >= 0.3 is 0 Å². The van der Waals surface area contributed by atoms with Gasteiger partial charge in [-0.15, -0.1) is 0 Å². The van der Waals surface area contributed by atoms with Crippen molar-refractivity contribution in [3.63, 3.8) is 0 Å². The third-order valence-corrected chi connectivity index (χ3v) is 1.85. The number of rotatable bonds is 5. The molecule has 12 heavy (non-hydrogen) atoms. The molecule has 0 amide bonds. The van der Waals surface area contributed by atoms with Crippen LogP contribution in [-0.2, 0) is 4.74 Å². The fourth-order valence-corrected chi connectivity index (χ4v) is 1.02. The summed E-state index contributed by atoms with van der Waals surface area (Å²) in [5.41, 5.74) is 3.13. The van der Waals surface area contributed by atoms with Gasteiger partial charge in [0, 0.05) is 13.2 Å².